The number of nitrogens with zero attached hydrogens (tertiary/aromatic N) is 1. The molecule has 1 N–H and O–H groups in total. The van der Waals surface area contributed by atoms with Crippen LogP contribution in [0.3, 0.4) is 0 Å². The Hall–Kier alpha value is -1.30. The van der Waals surface area contributed by atoms with Crippen molar-refractivity contribution in [1.29, 1.82) is 0 Å². The predicted octanol–water partition coefficient (Wildman–Crippen LogP) is 0.531. The third kappa shape index (κ3) is 3.37. The second kappa shape index (κ2) is 4.69. The lowest BCUT2D eigenvalue weighted by Gasteiger charge is -2.24. The molecule has 6 heteroatoms. The largest absolute Gasteiger partial charge is 0.469 e. The Morgan fingerprint density at radius 2 is 2.00 bits per heavy atom. The third-order valence-electron chi connectivity index (χ3n) is 2.08. The maximum atomic E-state index is 11.6. The lowest BCUT2D eigenvalue weighted by atomic mass is 10.2. The fourth-order valence-electron chi connectivity index (χ4n) is 1.35. The summed E-state index contributed by atoms with van der Waals surface area (Å²) in [5.74, 6) is -0.643. The first-order chi connectivity index (χ1) is 7.33. The third-order valence-corrected chi connectivity index (χ3v) is 2.08. The number of rotatable bonds is 1. The number of carbonyl (C=O) groups excluding carboxylic acids is 2. The van der Waals surface area contributed by atoms with Gasteiger partial charge in [-0.2, -0.15) is 0 Å². The van der Waals surface area contributed by atoms with E-state index >= 15 is 0 Å². The van der Waals surface area contributed by atoms with Gasteiger partial charge in [-0.05, 0) is 20.8 Å². The van der Waals surface area contributed by atoms with Crippen molar-refractivity contribution in [2.45, 2.75) is 26.4 Å². The van der Waals surface area contributed by atoms with Crippen molar-refractivity contribution in [2.75, 3.05) is 20.2 Å². The van der Waals surface area contributed by atoms with Crippen molar-refractivity contribution in [2.24, 2.45) is 5.92 Å². The van der Waals surface area contributed by atoms with Gasteiger partial charge in [-0.15, -0.1) is 0 Å². The first kappa shape index (κ1) is 12.8. The monoisotopic (exact) mass is 230 g/mol. The Morgan fingerprint density at radius 1 is 1.38 bits per heavy atom. The van der Waals surface area contributed by atoms with E-state index in [2.05, 4.69) is 10.2 Å². The number of nitrogens with one attached hydrogen (secondary N) is 1. The van der Waals surface area contributed by atoms with Crippen molar-refractivity contribution in [1.82, 2.24) is 10.4 Å². The predicted molar refractivity (Wildman–Crippen MR) is 56.4 cm³/mol. The second-order valence-electron chi connectivity index (χ2n) is 4.67. The summed E-state index contributed by atoms with van der Waals surface area (Å²) in [5.41, 5.74) is 2.26. The van der Waals surface area contributed by atoms with Gasteiger partial charge in [-0.1, -0.05) is 0 Å². The van der Waals surface area contributed by atoms with Crippen LogP contribution in [0.15, 0.2) is 0 Å². The van der Waals surface area contributed by atoms with Crippen molar-refractivity contribution < 1.29 is 19.1 Å². The molecule has 0 aliphatic carbocycles. The highest BCUT2D eigenvalue weighted by molar-refractivity contribution is 5.75. The fraction of sp³-hybridized carbons (Fsp3) is 0.800. The van der Waals surface area contributed by atoms with Gasteiger partial charge in [0.2, 0.25) is 0 Å². The first-order valence-electron chi connectivity index (χ1n) is 5.15. The van der Waals surface area contributed by atoms with Crippen LogP contribution in [0.1, 0.15) is 20.8 Å². The van der Waals surface area contributed by atoms with Gasteiger partial charge < -0.3 is 9.47 Å². The van der Waals surface area contributed by atoms with Gasteiger partial charge in [0.1, 0.15) is 5.60 Å². The number of ether oxygens (including phenoxy) is 2. The number of carbonyl (C=O) groups is 2. The maximum absolute atomic E-state index is 11.6. The molecule has 0 aromatic heterocycles. The fourth-order valence-corrected chi connectivity index (χ4v) is 1.35. The molecule has 0 bridgehead atoms. The second-order valence-corrected chi connectivity index (χ2v) is 4.67. The zero-order valence-electron chi connectivity index (χ0n) is 10.1. The first-order valence-corrected chi connectivity index (χ1v) is 5.15. The van der Waals surface area contributed by atoms with Gasteiger partial charge in [-0.3, -0.25) is 4.79 Å². The minimum absolute atomic E-state index is 0.279. The van der Waals surface area contributed by atoms with E-state index in [0.29, 0.717) is 6.54 Å². The molecule has 1 aliphatic heterocycles. The van der Waals surface area contributed by atoms with E-state index in [1.807, 2.05) is 0 Å². The Balaban J connectivity index is 2.47. The van der Waals surface area contributed by atoms with Crippen molar-refractivity contribution in [3.8, 4) is 0 Å². The number of hydrogen-bond acceptors (Lipinski definition) is 5. The lowest BCUT2D eigenvalue weighted by molar-refractivity contribution is -0.144. The molecular formula is C10H18N2O4. The average Bonchev–Trinajstić information content (AvgIpc) is 2.62. The van der Waals surface area contributed by atoms with E-state index in [9.17, 15) is 9.59 Å². The molecule has 0 saturated carbocycles. The molecule has 92 valence electrons. The van der Waals surface area contributed by atoms with Gasteiger partial charge in [0.25, 0.3) is 0 Å². The SMILES string of the molecule is COC(=O)C1CNN(C(=O)OC(C)(C)C)C1. The minimum atomic E-state index is -0.540. The standard InChI is InChI=1S/C10H18N2O4/c1-10(2,3)16-9(14)12-6-7(5-11-12)8(13)15-4/h7,11H,5-6H2,1-4H3. The summed E-state index contributed by atoms with van der Waals surface area (Å²) in [5, 5.41) is 1.30. The van der Waals surface area contributed by atoms with E-state index in [1.54, 1.807) is 20.8 Å². The number of hydrazine groups is 1. The van der Waals surface area contributed by atoms with Crippen LogP contribution in [0.5, 0.6) is 0 Å². The van der Waals surface area contributed by atoms with Crippen LogP contribution in [-0.2, 0) is 14.3 Å². The Bertz CT molecular complexity index is 285. The normalized spacial score (nSPS) is 20.8. The van der Waals surface area contributed by atoms with E-state index in [4.69, 9.17) is 4.74 Å². The van der Waals surface area contributed by atoms with Crippen molar-refractivity contribution >= 4 is 12.1 Å². The molecular weight excluding hydrogens is 212 g/mol. The summed E-state index contributed by atoms with van der Waals surface area (Å²) in [6, 6.07) is 0. The van der Waals surface area contributed by atoms with Crippen LogP contribution in [-0.4, -0.2) is 42.9 Å². The molecule has 1 amide bonds. The van der Waals surface area contributed by atoms with E-state index in [0.717, 1.165) is 0 Å². The zero-order valence-corrected chi connectivity index (χ0v) is 10.1. The summed E-state index contributed by atoms with van der Waals surface area (Å²) in [6.45, 7) is 6.05. The highest BCUT2D eigenvalue weighted by Gasteiger charge is 2.33. The highest BCUT2D eigenvalue weighted by Crippen LogP contribution is 2.13. The molecule has 1 aliphatic rings. The van der Waals surface area contributed by atoms with Crippen LogP contribution in [0, 0.1) is 5.92 Å². The van der Waals surface area contributed by atoms with Crippen LogP contribution in [0.4, 0.5) is 4.79 Å². The molecule has 1 heterocycles. The van der Waals surface area contributed by atoms with Gasteiger partial charge >= 0.3 is 12.1 Å². The number of esters is 1. The van der Waals surface area contributed by atoms with Gasteiger partial charge in [-0.25, -0.2) is 15.2 Å². The molecule has 6 nitrogen and oxygen atoms in total. The number of methoxy groups -OCH3 is 1. The van der Waals surface area contributed by atoms with Gasteiger partial charge in [0, 0.05) is 6.54 Å². The summed E-state index contributed by atoms with van der Waals surface area (Å²) >= 11 is 0. The summed E-state index contributed by atoms with van der Waals surface area (Å²) in [6.07, 6.45) is -0.473. The Labute approximate surface area is 94.8 Å². The minimum Gasteiger partial charge on any atom is -0.469 e. The molecule has 1 fully saturated rings. The molecule has 0 aromatic rings. The average molecular weight is 230 g/mol. The number of amides is 1. The topological polar surface area (TPSA) is 67.9 Å². The quantitative estimate of drug-likeness (QED) is 0.665. The molecule has 1 atom stereocenters. The lowest BCUT2D eigenvalue weighted by Crippen LogP contribution is -2.41. The van der Waals surface area contributed by atoms with Crippen molar-refractivity contribution in [3.05, 3.63) is 0 Å². The van der Waals surface area contributed by atoms with Crippen LogP contribution < -0.4 is 5.43 Å². The van der Waals surface area contributed by atoms with E-state index < -0.39 is 11.7 Å². The molecule has 1 unspecified atom stereocenters. The molecule has 0 spiro atoms. The Kier molecular flexibility index (Phi) is 3.74. The summed E-state index contributed by atoms with van der Waals surface area (Å²) < 4.78 is 9.76. The van der Waals surface area contributed by atoms with Gasteiger partial charge in [0.05, 0.1) is 19.6 Å². The van der Waals surface area contributed by atoms with E-state index in [1.165, 1.54) is 12.1 Å². The van der Waals surface area contributed by atoms with Crippen LogP contribution in [0.25, 0.3) is 0 Å². The summed E-state index contributed by atoms with van der Waals surface area (Å²) in [7, 11) is 1.33. The van der Waals surface area contributed by atoms with Crippen LogP contribution >= 0.6 is 0 Å². The molecule has 1 rings (SSSR count). The van der Waals surface area contributed by atoms with Crippen molar-refractivity contribution in [3.63, 3.8) is 0 Å². The number of hydrogen-bond donors (Lipinski definition) is 1. The molecule has 16 heavy (non-hydrogen) atoms. The molecule has 0 aromatic carbocycles. The molecule has 1 saturated heterocycles. The zero-order chi connectivity index (χ0) is 12.3. The maximum Gasteiger partial charge on any atom is 0.424 e. The smallest absolute Gasteiger partial charge is 0.424 e. The molecule has 0 radical (unpaired) electrons. The van der Waals surface area contributed by atoms with E-state index in [-0.39, 0.29) is 18.4 Å². The Morgan fingerprint density at radius 3 is 2.50 bits per heavy atom. The van der Waals surface area contributed by atoms with Gasteiger partial charge in [0.15, 0.2) is 0 Å². The highest BCUT2D eigenvalue weighted by atomic mass is 16.6. The van der Waals surface area contributed by atoms with Crippen LogP contribution in [0.2, 0.25) is 0 Å². The summed E-state index contributed by atoms with van der Waals surface area (Å²) in [4.78, 5) is 22.8.